The van der Waals surface area contributed by atoms with Crippen molar-refractivity contribution in [2.45, 2.75) is 115 Å². The van der Waals surface area contributed by atoms with Crippen molar-refractivity contribution in [1.82, 2.24) is 0 Å². The predicted molar refractivity (Wildman–Crippen MR) is 84.5 cm³/mol. The van der Waals surface area contributed by atoms with Gasteiger partial charge in [0.05, 0.1) is 6.10 Å². The number of aliphatic hydroxyl groups is 1. The maximum Gasteiger partial charge on any atom is 0.0540 e. The summed E-state index contributed by atoms with van der Waals surface area (Å²) in [5, 5.41) is 9.90. The van der Waals surface area contributed by atoms with Crippen LogP contribution in [0.1, 0.15) is 109 Å². The van der Waals surface area contributed by atoms with Crippen LogP contribution in [0.5, 0.6) is 0 Å². The van der Waals surface area contributed by atoms with Crippen LogP contribution in [0.3, 0.4) is 0 Å². The highest BCUT2D eigenvalue weighted by atomic mass is 16.3. The van der Waals surface area contributed by atoms with E-state index in [9.17, 15) is 5.11 Å². The first-order valence-corrected chi connectivity index (χ1v) is 9.07. The van der Waals surface area contributed by atoms with Gasteiger partial charge in [0, 0.05) is 0 Å². The molecule has 0 aromatic heterocycles. The average Bonchev–Trinajstić information content (AvgIpc) is 2.41. The summed E-state index contributed by atoms with van der Waals surface area (Å²) in [6.45, 7) is 0. The molecule has 1 fully saturated rings. The van der Waals surface area contributed by atoms with E-state index in [1.165, 1.54) is 96.3 Å². The van der Waals surface area contributed by atoms with Crippen LogP contribution in [-0.2, 0) is 0 Å². The van der Waals surface area contributed by atoms with Gasteiger partial charge in [0.2, 0.25) is 0 Å². The van der Waals surface area contributed by atoms with E-state index in [2.05, 4.69) is 0 Å². The SMILES string of the molecule is OC1CCCCCCCCCCCCCCCCC1. The van der Waals surface area contributed by atoms with E-state index in [1.807, 2.05) is 0 Å². The molecule has 1 saturated carbocycles. The Bertz CT molecular complexity index is 161. The molecule has 1 heteroatoms. The van der Waals surface area contributed by atoms with Crippen LogP contribution in [0.2, 0.25) is 0 Å². The Morgan fingerprint density at radius 1 is 0.368 bits per heavy atom. The van der Waals surface area contributed by atoms with Crippen molar-refractivity contribution in [1.29, 1.82) is 0 Å². The van der Waals surface area contributed by atoms with E-state index < -0.39 is 0 Å². The minimum atomic E-state index is -0.0149. The van der Waals surface area contributed by atoms with E-state index >= 15 is 0 Å². The lowest BCUT2D eigenvalue weighted by atomic mass is 10.00. The highest BCUT2D eigenvalue weighted by molar-refractivity contribution is 4.58. The minimum absolute atomic E-state index is 0.0149. The molecule has 0 bridgehead atoms. The van der Waals surface area contributed by atoms with Crippen LogP contribution in [0.25, 0.3) is 0 Å². The summed E-state index contributed by atoms with van der Waals surface area (Å²) >= 11 is 0. The van der Waals surface area contributed by atoms with Crippen molar-refractivity contribution in [2.75, 3.05) is 0 Å². The van der Waals surface area contributed by atoms with Gasteiger partial charge in [-0.25, -0.2) is 0 Å². The van der Waals surface area contributed by atoms with E-state index in [-0.39, 0.29) is 6.10 Å². The second kappa shape index (κ2) is 13.0. The minimum Gasteiger partial charge on any atom is -0.393 e. The Morgan fingerprint density at radius 2 is 0.579 bits per heavy atom. The Labute approximate surface area is 121 Å². The lowest BCUT2D eigenvalue weighted by Gasteiger charge is -2.10. The molecule has 0 amide bonds. The first-order chi connectivity index (χ1) is 9.39. The van der Waals surface area contributed by atoms with Crippen molar-refractivity contribution in [3.05, 3.63) is 0 Å². The molecule has 1 aliphatic rings. The molecule has 0 radical (unpaired) electrons. The van der Waals surface area contributed by atoms with Gasteiger partial charge in [-0.05, 0) is 12.8 Å². The van der Waals surface area contributed by atoms with Crippen LogP contribution in [0.15, 0.2) is 0 Å². The van der Waals surface area contributed by atoms with Crippen LogP contribution >= 0.6 is 0 Å². The third-order valence-corrected chi connectivity index (χ3v) is 4.57. The molecule has 0 aliphatic heterocycles. The topological polar surface area (TPSA) is 20.2 Å². The third kappa shape index (κ3) is 11.5. The first kappa shape index (κ1) is 17.0. The Hall–Kier alpha value is -0.0400. The summed E-state index contributed by atoms with van der Waals surface area (Å²) in [6.07, 6.45) is 22.9. The normalized spacial score (nSPS) is 24.5. The summed E-state index contributed by atoms with van der Waals surface area (Å²) in [4.78, 5) is 0. The largest absolute Gasteiger partial charge is 0.393 e. The van der Waals surface area contributed by atoms with E-state index in [0.717, 1.165) is 12.8 Å². The third-order valence-electron chi connectivity index (χ3n) is 4.57. The van der Waals surface area contributed by atoms with Gasteiger partial charge in [0.15, 0.2) is 0 Å². The zero-order valence-corrected chi connectivity index (χ0v) is 13.0. The standard InChI is InChI=1S/C18H36O/c19-18-16-14-12-10-8-6-4-2-1-3-5-7-9-11-13-15-17-18/h18-19H,1-17H2. The van der Waals surface area contributed by atoms with Gasteiger partial charge in [-0.15, -0.1) is 0 Å². The molecule has 1 N–H and O–H groups in total. The van der Waals surface area contributed by atoms with Gasteiger partial charge in [0.1, 0.15) is 0 Å². The Kier molecular flexibility index (Phi) is 11.6. The van der Waals surface area contributed by atoms with Crippen molar-refractivity contribution in [3.63, 3.8) is 0 Å². The molecule has 1 nitrogen and oxygen atoms in total. The molecule has 1 rings (SSSR count). The number of hydrogen-bond acceptors (Lipinski definition) is 1. The molecule has 0 spiro atoms. The molecule has 0 saturated heterocycles. The summed E-state index contributed by atoms with van der Waals surface area (Å²) in [5.41, 5.74) is 0. The van der Waals surface area contributed by atoms with Gasteiger partial charge in [0.25, 0.3) is 0 Å². The quantitative estimate of drug-likeness (QED) is 0.572. The molecule has 0 aromatic carbocycles. The average molecular weight is 268 g/mol. The zero-order valence-electron chi connectivity index (χ0n) is 13.0. The first-order valence-electron chi connectivity index (χ1n) is 9.07. The fourth-order valence-electron chi connectivity index (χ4n) is 3.20. The van der Waals surface area contributed by atoms with Crippen molar-refractivity contribution >= 4 is 0 Å². The number of rotatable bonds is 0. The van der Waals surface area contributed by atoms with Crippen LogP contribution in [0.4, 0.5) is 0 Å². The van der Waals surface area contributed by atoms with E-state index in [1.54, 1.807) is 0 Å². The Morgan fingerprint density at radius 3 is 0.842 bits per heavy atom. The van der Waals surface area contributed by atoms with E-state index in [0.29, 0.717) is 0 Å². The smallest absolute Gasteiger partial charge is 0.0540 e. The fraction of sp³-hybridized carbons (Fsp3) is 1.00. The molecular weight excluding hydrogens is 232 g/mol. The molecule has 114 valence electrons. The lowest BCUT2D eigenvalue weighted by molar-refractivity contribution is 0.147. The molecule has 19 heavy (non-hydrogen) atoms. The van der Waals surface area contributed by atoms with Crippen LogP contribution in [0, 0.1) is 0 Å². The van der Waals surface area contributed by atoms with Gasteiger partial charge < -0.3 is 5.11 Å². The van der Waals surface area contributed by atoms with Crippen molar-refractivity contribution < 1.29 is 5.11 Å². The van der Waals surface area contributed by atoms with Gasteiger partial charge in [-0.3, -0.25) is 0 Å². The molecule has 0 aromatic rings. The molecule has 0 atom stereocenters. The predicted octanol–water partition coefficient (Wildman–Crippen LogP) is 5.99. The zero-order chi connectivity index (χ0) is 13.6. The van der Waals surface area contributed by atoms with Crippen LogP contribution < -0.4 is 0 Å². The maximum atomic E-state index is 9.90. The summed E-state index contributed by atoms with van der Waals surface area (Å²) in [5.74, 6) is 0. The second-order valence-corrected chi connectivity index (χ2v) is 6.53. The summed E-state index contributed by atoms with van der Waals surface area (Å²) in [6, 6.07) is 0. The molecular formula is C18H36O. The van der Waals surface area contributed by atoms with Crippen LogP contribution in [-0.4, -0.2) is 11.2 Å². The Balaban J connectivity index is 2.08. The molecule has 1 aliphatic carbocycles. The summed E-state index contributed by atoms with van der Waals surface area (Å²) in [7, 11) is 0. The molecule has 0 heterocycles. The van der Waals surface area contributed by atoms with Gasteiger partial charge in [-0.2, -0.15) is 0 Å². The highest BCUT2D eigenvalue weighted by Gasteiger charge is 2.04. The summed E-state index contributed by atoms with van der Waals surface area (Å²) < 4.78 is 0. The number of aliphatic hydroxyl groups excluding tert-OH is 1. The van der Waals surface area contributed by atoms with Crippen molar-refractivity contribution in [2.24, 2.45) is 0 Å². The maximum absolute atomic E-state index is 9.90. The highest BCUT2D eigenvalue weighted by Crippen LogP contribution is 2.16. The lowest BCUT2D eigenvalue weighted by Crippen LogP contribution is -2.05. The van der Waals surface area contributed by atoms with E-state index in [4.69, 9.17) is 0 Å². The van der Waals surface area contributed by atoms with Crippen molar-refractivity contribution in [3.8, 4) is 0 Å². The van der Waals surface area contributed by atoms with Gasteiger partial charge in [-0.1, -0.05) is 96.3 Å². The number of hydrogen-bond donors (Lipinski definition) is 1. The fourth-order valence-corrected chi connectivity index (χ4v) is 3.20. The monoisotopic (exact) mass is 268 g/mol. The van der Waals surface area contributed by atoms with Gasteiger partial charge >= 0.3 is 0 Å². The second-order valence-electron chi connectivity index (χ2n) is 6.53. The molecule has 0 unspecified atom stereocenters.